The summed E-state index contributed by atoms with van der Waals surface area (Å²) in [6, 6.07) is 7.82. The van der Waals surface area contributed by atoms with Crippen LogP contribution in [0.15, 0.2) is 28.7 Å². The molecular weight excluding hydrogens is 256 g/mol. The van der Waals surface area contributed by atoms with E-state index in [1.54, 1.807) is 0 Å². The molecule has 0 fully saturated rings. The zero-order valence-electron chi connectivity index (χ0n) is 8.83. The molecule has 0 saturated heterocycles. The molecule has 1 rings (SSSR count). The lowest BCUT2D eigenvalue weighted by molar-refractivity contribution is -0.119. The van der Waals surface area contributed by atoms with E-state index in [1.165, 1.54) is 0 Å². The van der Waals surface area contributed by atoms with E-state index in [0.717, 1.165) is 10.0 Å². The first kappa shape index (κ1) is 12.4. The van der Waals surface area contributed by atoms with Crippen molar-refractivity contribution in [1.29, 1.82) is 0 Å². The Labute approximate surface area is 98.8 Å². The lowest BCUT2D eigenvalue weighted by Crippen LogP contribution is -2.07. The maximum Gasteiger partial charge on any atom is 0.139 e. The van der Waals surface area contributed by atoms with Gasteiger partial charge < -0.3 is 4.74 Å². The van der Waals surface area contributed by atoms with E-state index in [0.29, 0.717) is 26.1 Å². The van der Waals surface area contributed by atoms with Gasteiger partial charge in [-0.3, -0.25) is 4.79 Å². The molecule has 0 atom stereocenters. The van der Waals surface area contributed by atoms with Gasteiger partial charge in [-0.05, 0) is 24.6 Å². The minimum absolute atomic E-state index is 0.228. The molecule has 3 heteroatoms. The van der Waals surface area contributed by atoms with Crippen LogP contribution in [0.3, 0.4) is 0 Å². The minimum Gasteiger partial charge on any atom is -0.381 e. The Morgan fingerprint density at radius 1 is 1.33 bits per heavy atom. The highest BCUT2D eigenvalue weighted by Crippen LogP contribution is 2.11. The number of carbonyl (C=O) groups excluding carboxylic acids is 1. The minimum atomic E-state index is 0.228. The van der Waals surface area contributed by atoms with E-state index in [-0.39, 0.29) is 5.78 Å². The van der Waals surface area contributed by atoms with Crippen LogP contribution in [0.1, 0.15) is 18.9 Å². The predicted octanol–water partition coefficient (Wildman–Crippen LogP) is 2.99. The molecule has 0 saturated carbocycles. The van der Waals surface area contributed by atoms with Crippen LogP contribution in [0.4, 0.5) is 0 Å². The number of halogens is 1. The third-order valence-corrected chi connectivity index (χ3v) is 2.57. The molecule has 0 N–H and O–H groups in total. The second-order valence-electron chi connectivity index (χ2n) is 3.29. The molecule has 0 aromatic heterocycles. The second-order valence-corrected chi connectivity index (χ2v) is 4.20. The van der Waals surface area contributed by atoms with Gasteiger partial charge in [0.05, 0.1) is 6.61 Å². The molecule has 1 aromatic carbocycles. The lowest BCUT2D eigenvalue weighted by atomic mass is 10.1. The largest absolute Gasteiger partial charge is 0.381 e. The number of ketones is 1. The number of ether oxygens (including phenoxy) is 1. The van der Waals surface area contributed by atoms with Gasteiger partial charge in [0, 0.05) is 23.9 Å². The van der Waals surface area contributed by atoms with E-state index in [9.17, 15) is 4.79 Å². The molecule has 2 nitrogen and oxygen atoms in total. The molecule has 0 aliphatic heterocycles. The summed E-state index contributed by atoms with van der Waals surface area (Å²) < 4.78 is 6.17. The topological polar surface area (TPSA) is 26.3 Å². The number of hydrogen-bond acceptors (Lipinski definition) is 2. The Hall–Kier alpha value is -0.670. The van der Waals surface area contributed by atoms with Crippen molar-refractivity contribution < 1.29 is 9.53 Å². The monoisotopic (exact) mass is 270 g/mol. The third kappa shape index (κ3) is 5.09. The normalized spacial score (nSPS) is 10.3. The van der Waals surface area contributed by atoms with Gasteiger partial charge in [-0.15, -0.1) is 0 Å². The summed E-state index contributed by atoms with van der Waals surface area (Å²) in [6.07, 6.45) is 1.00. The number of benzene rings is 1. The van der Waals surface area contributed by atoms with Crippen molar-refractivity contribution in [2.45, 2.75) is 19.8 Å². The summed E-state index contributed by atoms with van der Waals surface area (Å²) in [6.45, 7) is 3.14. The van der Waals surface area contributed by atoms with E-state index < -0.39 is 0 Å². The molecular formula is C12H15BrO2. The van der Waals surface area contributed by atoms with Crippen LogP contribution < -0.4 is 0 Å². The average Bonchev–Trinajstić information content (AvgIpc) is 2.22. The van der Waals surface area contributed by atoms with Crippen LogP contribution in [0.2, 0.25) is 0 Å². The smallest absolute Gasteiger partial charge is 0.139 e. The molecule has 0 aliphatic rings. The Morgan fingerprint density at radius 2 is 2.00 bits per heavy atom. The molecule has 0 amide bonds. The SMILES string of the molecule is CCOCCC(=O)Cc1ccc(Br)cc1. The molecule has 0 spiro atoms. The zero-order chi connectivity index (χ0) is 11.1. The summed E-state index contributed by atoms with van der Waals surface area (Å²) in [7, 11) is 0. The third-order valence-electron chi connectivity index (χ3n) is 2.04. The van der Waals surface area contributed by atoms with Crippen molar-refractivity contribution in [2.24, 2.45) is 0 Å². The number of Topliss-reactive ketones (excluding diaryl/α,β-unsaturated/α-hetero) is 1. The standard InChI is InChI=1S/C12H15BrO2/c1-2-15-8-7-12(14)9-10-3-5-11(13)6-4-10/h3-6H,2,7-9H2,1H3. The summed E-state index contributed by atoms with van der Waals surface area (Å²) >= 11 is 3.36. The van der Waals surface area contributed by atoms with Gasteiger partial charge >= 0.3 is 0 Å². The lowest BCUT2D eigenvalue weighted by Gasteiger charge is -2.02. The molecule has 1 aromatic rings. The fourth-order valence-electron chi connectivity index (χ4n) is 1.25. The predicted molar refractivity (Wildman–Crippen MR) is 64.0 cm³/mol. The van der Waals surface area contributed by atoms with Crippen molar-refractivity contribution in [3.63, 3.8) is 0 Å². The average molecular weight is 271 g/mol. The molecule has 0 radical (unpaired) electrons. The van der Waals surface area contributed by atoms with Crippen LogP contribution in [0.5, 0.6) is 0 Å². The maximum atomic E-state index is 11.5. The molecule has 82 valence electrons. The number of hydrogen-bond donors (Lipinski definition) is 0. The van der Waals surface area contributed by atoms with Crippen LogP contribution >= 0.6 is 15.9 Å². The highest BCUT2D eigenvalue weighted by Gasteiger charge is 2.03. The second kappa shape index (κ2) is 6.75. The summed E-state index contributed by atoms with van der Waals surface area (Å²) in [5, 5.41) is 0. The van der Waals surface area contributed by atoms with E-state index in [2.05, 4.69) is 15.9 Å². The van der Waals surface area contributed by atoms with E-state index in [1.807, 2.05) is 31.2 Å². The van der Waals surface area contributed by atoms with Crippen LogP contribution in [0, 0.1) is 0 Å². The molecule has 0 bridgehead atoms. The van der Waals surface area contributed by atoms with Gasteiger partial charge in [-0.25, -0.2) is 0 Å². The first-order valence-corrected chi connectivity index (χ1v) is 5.85. The Bertz CT molecular complexity index is 306. The molecule has 0 aliphatic carbocycles. The Kier molecular flexibility index (Phi) is 5.58. The Morgan fingerprint density at radius 3 is 2.60 bits per heavy atom. The van der Waals surface area contributed by atoms with E-state index >= 15 is 0 Å². The fourth-order valence-corrected chi connectivity index (χ4v) is 1.51. The van der Waals surface area contributed by atoms with Crippen molar-refractivity contribution in [3.8, 4) is 0 Å². The van der Waals surface area contributed by atoms with Gasteiger partial charge in [-0.1, -0.05) is 28.1 Å². The quantitative estimate of drug-likeness (QED) is 0.743. The summed E-state index contributed by atoms with van der Waals surface area (Å²) in [4.78, 5) is 11.5. The Balaban J connectivity index is 2.34. The van der Waals surface area contributed by atoms with Crippen molar-refractivity contribution in [1.82, 2.24) is 0 Å². The van der Waals surface area contributed by atoms with Gasteiger partial charge in [0.1, 0.15) is 5.78 Å². The van der Waals surface area contributed by atoms with Crippen LogP contribution in [-0.4, -0.2) is 19.0 Å². The van der Waals surface area contributed by atoms with Crippen LogP contribution in [0.25, 0.3) is 0 Å². The number of rotatable bonds is 6. The van der Waals surface area contributed by atoms with Crippen molar-refractivity contribution in [3.05, 3.63) is 34.3 Å². The van der Waals surface area contributed by atoms with Crippen molar-refractivity contribution >= 4 is 21.7 Å². The maximum absolute atomic E-state index is 11.5. The number of carbonyl (C=O) groups is 1. The highest BCUT2D eigenvalue weighted by molar-refractivity contribution is 9.10. The summed E-state index contributed by atoms with van der Waals surface area (Å²) in [5.41, 5.74) is 1.06. The molecule has 15 heavy (non-hydrogen) atoms. The molecule has 0 unspecified atom stereocenters. The zero-order valence-corrected chi connectivity index (χ0v) is 10.4. The first-order valence-electron chi connectivity index (χ1n) is 5.06. The van der Waals surface area contributed by atoms with Gasteiger partial charge in [0.25, 0.3) is 0 Å². The first-order chi connectivity index (χ1) is 7.22. The van der Waals surface area contributed by atoms with Crippen LogP contribution in [-0.2, 0) is 16.0 Å². The van der Waals surface area contributed by atoms with Gasteiger partial charge in [0.15, 0.2) is 0 Å². The van der Waals surface area contributed by atoms with E-state index in [4.69, 9.17) is 4.74 Å². The van der Waals surface area contributed by atoms with Crippen molar-refractivity contribution in [2.75, 3.05) is 13.2 Å². The summed E-state index contributed by atoms with van der Waals surface area (Å²) in [5.74, 6) is 0.228. The van der Waals surface area contributed by atoms with Gasteiger partial charge in [0.2, 0.25) is 0 Å². The van der Waals surface area contributed by atoms with Gasteiger partial charge in [-0.2, -0.15) is 0 Å². The molecule has 0 heterocycles. The highest BCUT2D eigenvalue weighted by atomic mass is 79.9. The fraction of sp³-hybridized carbons (Fsp3) is 0.417.